The number of amides is 3. The van der Waals surface area contributed by atoms with E-state index in [4.69, 9.17) is 11.5 Å². The van der Waals surface area contributed by atoms with E-state index in [-0.39, 0.29) is 36.6 Å². The van der Waals surface area contributed by atoms with Crippen LogP contribution in [0.25, 0.3) is 0 Å². The molecule has 2 aliphatic rings. The van der Waals surface area contributed by atoms with Crippen LogP contribution in [0.3, 0.4) is 0 Å². The number of rotatable bonds is 6. The molecule has 1 aromatic heterocycles. The maximum atomic E-state index is 12.7. The third kappa shape index (κ3) is 8.85. The van der Waals surface area contributed by atoms with Crippen molar-refractivity contribution < 1.29 is 19.2 Å². The van der Waals surface area contributed by atoms with E-state index in [0.717, 1.165) is 32.2 Å². The lowest BCUT2D eigenvalue weighted by molar-refractivity contribution is -0.130. The molecule has 0 aromatic carbocycles. The molecule has 3 rings (SSSR count). The van der Waals surface area contributed by atoms with E-state index in [1.165, 1.54) is 6.33 Å². The van der Waals surface area contributed by atoms with Gasteiger partial charge in [0, 0.05) is 38.0 Å². The van der Waals surface area contributed by atoms with Crippen LogP contribution in [0.15, 0.2) is 12.5 Å². The summed E-state index contributed by atoms with van der Waals surface area (Å²) in [5.74, 6) is -0.645. The topological polar surface area (TPSA) is 185 Å². The van der Waals surface area contributed by atoms with E-state index in [9.17, 15) is 19.2 Å². The minimum Gasteiger partial charge on any atom is -0.356 e. The van der Waals surface area contributed by atoms with Crippen molar-refractivity contribution in [2.75, 3.05) is 13.1 Å². The molecule has 172 valence electrons. The average molecular weight is 436 g/mol. The lowest BCUT2D eigenvalue weighted by atomic mass is 9.97. The Kier molecular flexibility index (Phi) is 10.1. The largest absolute Gasteiger partial charge is 0.356 e. The van der Waals surface area contributed by atoms with Gasteiger partial charge >= 0.3 is 0 Å². The molecule has 2 saturated heterocycles. The molecule has 3 heterocycles. The average Bonchev–Trinajstić information content (AvgIpc) is 3.06. The number of imidazole rings is 1. The van der Waals surface area contributed by atoms with Gasteiger partial charge in [-0.2, -0.15) is 0 Å². The molecule has 0 aliphatic carbocycles. The van der Waals surface area contributed by atoms with Gasteiger partial charge in [0.2, 0.25) is 17.7 Å². The first-order valence-electron chi connectivity index (χ1n) is 10.7. The Bertz CT molecular complexity index is 738. The molecule has 1 aromatic rings. The van der Waals surface area contributed by atoms with Gasteiger partial charge < -0.3 is 32.4 Å². The summed E-state index contributed by atoms with van der Waals surface area (Å²) in [6, 6.07) is -1.23. The highest BCUT2D eigenvalue weighted by Crippen LogP contribution is 2.13. The molecule has 8 N–H and O–H groups in total. The highest BCUT2D eigenvalue weighted by molar-refractivity contribution is 5.95. The molecule has 0 bridgehead atoms. The van der Waals surface area contributed by atoms with Crippen LogP contribution >= 0.6 is 0 Å². The summed E-state index contributed by atoms with van der Waals surface area (Å²) in [6.07, 6.45) is 8.52. The fourth-order valence-electron chi connectivity index (χ4n) is 3.52. The van der Waals surface area contributed by atoms with Gasteiger partial charge in [-0.1, -0.05) is 6.42 Å². The summed E-state index contributed by atoms with van der Waals surface area (Å²) in [5.41, 5.74) is 11.5. The van der Waals surface area contributed by atoms with Gasteiger partial charge in [-0.3, -0.25) is 19.2 Å². The van der Waals surface area contributed by atoms with Crippen molar-refractivity contribution >= 4 is 23.5 Å². The number of aromatic amines is 1. The van der Waals surface area contributed by atoms with Crippen LogP contribution in [0.5, 0.6) is 0 Å². The Hall–Kier alpha value is -2.79. The number of nitrogens with two attached hydrogens (primary N) is 2. The summed E-state index contributed by atoms with van der Waals surface area (Å²) in [6.45, 7) is 0.605. The van der Waals surface area contributed by atoms with E-state index in [2.05, 4.69) is 25.9 Å². The molecule has 31 heavy (non-hydrogen) atoms. The van der Waals surface area contributed by atoms with Crippen LogP contribution in [-0.2, 0) is 25.6 Å². The van der Waals surface area contributed by atoms with Gasteiger partial charge in [0.1, 0.15) is 0 Å². The Labute approximate surface area is 181 Å². The molecule has 2 aliphatic heterocycles. The minimum absolute atomic E-state index is 0.0903. The minimum atomic E-state index is -0.747. The molecule has 2 fully saturated rings. The van der Waals surface area contributed by atoms with Crippen LogP contribution in [-0.4, -0.2) is 64.7 Å². The molecular weight excluding hydrogens is 402 g/mol. The van der Waals surface area contributed by atoms with Gasteiger partial charge in [0.05, 0.1) is 30.6 Å². The maximum absolute atomic E-state index is 12.7. The number of hydrogen-bond acceptors (Lipinski definition) is 7. The Morgan fingerprint density at radius 2 is 2.00 bits per heavy atom. The normalized spacial score (nSPS) is 22.5. The zero-order chi connectivity index (χ0) is 22.6. The molecule has 3 amide bonds. The fourth-order valence-corrected chi connectivity index (χ4v) is 3.52. The van der Waals surface area contributed by atoms with E-state index in [1.54, 1.807) is 6.20 Å². The summed E-state index contributed by atoms with van der Waals surface area (Å²) in [7, 11) is 0. The quantitative estimate of drug-likeness (QED) is 0.318. The van der Waals surface area contributed by atoms with Crippen molar-refractivity contribution in [2.24, 2.45) is 11.5 Å². The molecule has 0 radical (unpaired) electrons. The highest BCUT2D eigenvalue weighted by atomic mass is 16.2. The molecule has 11 heteroatoms. The van der Waals surface area contributed by atoms with Crippen molar-refractivity contribution in [3.63, 3.8) is 0 Å². The van der Waals surface area contributed by atoms with Crippen LogP contribution < -0.4 is 27.4 Å². The van der Waals surface area contributed by atoms with Gasteiger partial charge in [0.15, 0.2) is 5.78 Å². The number of carbonyl (C=O) groups is 4. The van der Waals surface area contributed by atoms with Crippen LogP contribution in [0.4, 0.5) is 0 Å². The second-order valence-corrected chi connectivity index (χ2v) is 7.81. The fraction of sp³-hybridized carbons (Fsp3) is 0.650. The van der Waals surface area contributed by atoms with E-state index in [0.29, 0.717) is 25.0 Å². The van der Waals surface area contributed by atoms with E-state index < -0.39 is 18.0 Å². The smallest absolute Gasteiger partial charge is 0.234 e. The van der Waals surface area contributed by atoms with Crippen LogP contribution in [0, 0.1) is 0 Å². The van der Waals surface area contributed by atoms with Crippen LogP contribution in [0.2, 0.25) is 0 Å². The highest BCUT2D eigenvalue weighted by Gasteiger charge is 2.30. The van der Waals surface area contributed by atoms with Crippen LogP contribution in [0.1, 0.15) is 50.6 Å². The number of carbonyl (C=O) groups excluding carboxylic acids is 4. The number of hydrogen-bond donors (Lipinski definition) is 6. The first kappa shape index (κ1) is 24.5. The van der Waals surface area contributed by atoms with E-state index in [1.807, 2.05) is 0 Å². The number of aromatic nitrogens is 2. The lowest BCUT2D eigenvalue weighted by Crippen LogP contribution is -2.52. The monoisotopic (exact) mass is 435 g/mol. The van der Waals surface area contributed by atoms with Gasteiger partial charge in [0.25, 0.3) is 0 Å². The Balaban J connectivity index is 0.000000316. The van der Waals surface area contributed by atoms with Crippen molar-refractivity contribution in [1.82, 2.24) is 25.9 Å². The third-order valence-electron chi connectivity index (χ3n) is 5.18. The van der Waals surface area contributed by atoms with E-state index >= 15 is 0 Å². The third-order valence-corrected chi connectivity index (χ3v) is 5.18. The molecule has 11 nitrogen and oxygen atoms in total. The first-order chi connectivity index (χ1) is 14.9. The second kappa shape index (κ2) is 12.8. The van der Waals surface area contributed by atoms with Crippen molar-refractivity contribution in [1.29, 1.82) is 0 Å². The van der Waals surface area contributed by atoms with Gasteiger partial charge in [-0.05, 0) is 25.7 Å². The lowest BCUT2D eigenvalue weighted by Gasteiger charge is -2.22. The summed E-state index contributed by atoms with van der Waals surface area (Å²) in [4.78, 5) is 53.4. The predicted octanol–water partition coefficient (Wildman–Crippen LogP) is -1.36. The van der Waals surface area contributed by atoms with Crippen molar-refractivity contribution in [3.8, 4) is 0 Å². The van der Waals surface area contributed by atoms with Gasteiger partial charge in [-0.25, -0.2) is 4.98 Å². The zero-order valence-electron chi connectivity index (χ0n) is 17.7. The Morgan fingerprint density at radius 1 is 1.19 bits per heavy atom. The summed E-state index contributed by atoms with van der Waals surface area (Å²) >= 11 is 0. The number of ketones is 1. The SMILES string of the molecule is NC1CCCNC(=O)C1.NCC(=O)N[C@@H](Cc1c[nH]cn1)C(=O)C1CCCCC(=O)N1. The summed E-state index contributed by atoms with van der Waals surface area (Å²) < 4.78 is 0. The molecule has 0 spiro atoms. The Morgan fingerprint density at radius 3 is 2.71 bits per heavy atom. The zero-order valence-corrected chi connectivity index (χ0v) is 17.7. The maximum Gasteiger partial charge on any atom is 0.234 e. The number of Topliss-reactive ketones (excluding diaryl/α,β-unsaturated/α-hetero) is 1. The molecule has 2 unspecified atom stereocenters. The number of H-pyrrole nitrogens is 1. The molecule has 3 atom stereocenters. The molecule has 0 saturated carbocycles. The molecular formula is C20H33N7O4. The predicted molar refractivity (Wildman–Crippen MR) is 114 cm³/mol. The van der Waals surface area contributed by atoms with Crippen molar-refractivity contribution in [3.05, 3.63) is 18.2 Å². The first-order valence-corrected chi connectivity index (χ1v) is 10.7. The standard InChI is InChI=1S/C14H21N5O3.C6H12N2O/c15-6-13(21)19-11(5-9-7-16-8-17-9)14(22)10-3-1-2-4-12(20)18-10;7-5-2-1-3-8-6(9)4-5/h7-8,10-11H,1-6,15H2,(H,16,17)(H,18,20)(H,19,21);5H,1-4,7H2,(H,8,9)/t10?,11-;/m0./s1. The van der Waals surface area contributed by atoms with Gasteiger partial charge in [-0.15, -0.1) is 0 Å². The summed E-state index contributed by atoms with van der Waals surface area (Å²) in [5, 5.41) is 8.11. The number of nitrogens with one attached hydrogen (secondary N) is 4. The number of nitrogens with zero attached hydrogens (tertiary/aromatic N) is 1. The second-order valence-electron chi connectivity index (χ2n) is 7.81. The van der Waals surface area contributed by atoms with Crippen molar-refractivity contribution in [2.45, 2.75) is 69.5 Å².